The summed E-state index contributed by atoms with van der Waals surface area (Å²) in [5.74, 6) is -0.719. The highest BCUT2D eigenvalue weighted by atomic mass is 32.2. The van der Waals surface area contributed by atoms with Crippen molar-refractivity contribution in [2.24, 2.45) is 0 Å². The third-order valence-corrected chi connectivity index (χ3v) is 13.2. The van der Waals surface area contributed by atoms with Crippen LogP contribution < -0.4 is 20.1 Å². The molecule has 0 aliphatic rings. The van der Waals surface area contributed by atoms with Gasteiger partial charge in [0.1, 0.15) is 21.3 Å². The summed E-state index contributed by atoms with van der Waals surface area (Å²) in [6, 6.07) is 19.4. The summed E-state index contributed by atoms with van der Waals surface area (Å²) in [7, 11) is -18.8. The number of hydrogen-bond acceptors (Lipinski definition) is 13. The van der Waals surface area contributed by atoms with Gasteiger partial charge in [0.15, 0.2) is 0 Å². The van der Waals surface area contributed by atoms with Crippen molar-refractivity contribution >= 4 is 90.6 Å². The standard InChI is InChI=1S/C35H30N4O13S4/c1-19-15-21(36-27-17-31(55(47,48)49)23-7-3-5-9-25(23)33(27)40)11-13-29(19)53(43,44)38-35(42)39-54(45,46)30-14-12-22(16-20(30)2)37-28-18-32(56(50,51)52)24-8-4-6-10-26(24)34(28)41/h3-18,36-37,40-41H,1-2H3,(H2,38,39,42)(H,47,48,49)(H,50,51,52). The second-order valence-electron chi connectivity index (χ2n) is 12.3. The number of sulfonamides is 2. The van der Waals surface area contributed by atoms with Crippen molar-refractivity contribution in [3.8, 4) is 11.5 Å². The van der Waals surface area contributed by atoms with Gasteiger partial charge in [-0.1, -0.05) is 48.5 Å². The summed E-state index contributed by atoms with van der Waals surface area (Å²) in [5, 5.41) is 27.5. The van der Waals surface area contributed by atoms with Gasteiger partial charge in [0.05, 0.1) is 21.2 Å². The maximum atomic E-state index is 13.2. The number of benzene rings is 6. The van der Waals surface area contributed by atoms with Gasteiger partial charge in [-0.25, -0.2) is 31.1 Å². The van der Waals surface area contributed by atoms with Crippen molar-refractivity contribution in [3.63, 3.8) is 0 Å². The first-order valence-corrected chi connectivity index (χ1v) is 21.7. The number of urea groups is 1. The highest BCUT2D eigenvalue weighted by Gasteiger charge is 2.26. The zero-order chi connectivity index (χ0) is 41.0. The number of aryl methyl sites for hydroxylation is 2. The predicted molar refractivity (Wildman–Crippen MR) is 206 cm³/mol. The second kappa shape index (κ2) is 14.3. The minimum atomic E-state index is -4.72. The van der Waals surface area contributed by atoms with Crippen LogP contribution in [0.25, 0.3) is 21.5 Å². The summed E-state index contributed by atoms with van der Waals surface area (Å²) < 4.78 is 124. The summed E-state index contributed by atoms with van der Waals surface area (Å²) in [6.07, 6.45) is 0. The lowest BCUT2D eigenvalue weighted by atomic mass is 10.1. The van der Waals surface area contributed by atoms with Crippen LogP contribution in [0.4, 0.5) is 27.5 Å². The minimum absolute atomic E-state index is 0.0496. The maximum absolute atomic E-state index is 13.2. The second-order valence-corrected chi connectivity index (χ2v) is 18.4. The van der Waals surface area contributed by atoms with Gasteiger partial charge in [-0.3, -0.25) is 9.11 Å². The van der Waals surface area contributed by atoms with E-state index in [0.29, 0.717) is 0 Å². The average Bonchev–Trinajstić information content (AvgIpc) is 3.09. The van der Waals surface area contributed by atoms with Crippen molar-refractivity contribution in [2.45, 2.75) is 33.4 Å². The van der Waals surface area contributed by atoms with Gasteiger partial charge < -0.3 is 20.8 Å². The van der Waals surface area contributed by atoms with Crippen LogP contribution in [0, 0.1) is 13.8 Å². The fourth-order valence-electron chi connectivity index (χ4n) is 6.01. The van der Waals surface area contributed by atoms with Crippen molar-refractivity contribution < 1.29 is 57.8 Å². The summed E-state index contributed by atoms with van der Waals surface area (Å²) in [5.41, 5.74) is 0.173. The Hall–Kier alpha value is -5.97. The van der Waals surface area contributed by atoms with Crippen LogP contribution in [0.1, 0.15) is 11.1 Å². The molecule has 0 heterocycles. The predicted octanol–water partition coefficient (Wildman–Crippen LogP) is 5.38. The molecule has 6 aromatic rings. The van der Waals surface area contributed by atoms with E-state index in [1.54, 1.807) is 21.6 Å². The smallest absolute Gasteiger partial charge is 0.342 e. The molecule has 0 unspecified atom stereocenters. The molecule has 0 aliphatic heterocycles. The molecule has 6 aromatic carbocycles. The zero-order valence-electron chi connectivity index (χ0n) is 28.8. The lowest BCUT2D eigenvalue weighted by Crippen LogP contribution is -2.42. The van der Waals surface area contributed by atoms with Crippen LogP contribution in [0.5, 0.6) is 11.5 Å². The van der Waals surface area contributed by atoms with Crippen molar-refractivity contribution in [3.05, 3.63) is 108 Å². The Bertz CT molecular complexity index is 2880. The Morgan fingerprint density at radius 2 is 0.821 bits per heavy atom. The molecule has 0 saturated carbocycles. The normalized spacial score (nSPS) is 12.4. The first-order valence-electron chi connectivity index (χ1n) is 15.9. The first kappa shape index (κ1) is 39.7. The molecular formula is C35H30N4O13S4. The molecule has 0 bridgehead atoms. The molecule has 0 spiro atoms. The molecule has 8 N–H and O–H groups in total. The van der Waals surface area contributed by atoms with Crippen LogP contribution in [-0.4, -0.2) is 59.0 Å². The summed E-state index contributed by atoms with van der Waals surface area (Å²) >= 11 is 0. The van der Waals surface area contributed by atoms with E-state index in [2.05, 4.69) is 10.6 Å². The number of phenols is 2. The highest BCUT2D eigenvalue weighted by Crippen LogP contribution is 2.40. The minimum Gasteiger partial charge on any atom is -0.505 e. The molecule has 0 atom stereocenters. The van der Waals surface area contributed by atoms with E-state index < -0.39 is 65.9 Å². The van der Waals surface area contributed by atoms with Crippen molar-refractivity contribution in [2.75, 3.05) is 10.6 Å². The first-order chi connectivity index (χ1) is 26.1. The molecule has 56 heavy (non-hydrogen) atoms. The van der Waals surface area contributed by atoms with E-state index in [1.807, 2.05) is 0 Å². The largest absolute Gasteiger partial charge is 0.505 e. The van der Waals surface area contributed by atoms with Crippen LogP contribution in [0.3, 0.4) is 0 Å². The fourth-order valence-corrected chi connectivity index (χ4v) is 9.79. The quantitative estimate of drug-likeness (QED) is 0.0635. The number of phenolic OH excluding ortho intramolecular Hbond substituents is 2. The van der Waals surface area contributed by atoms with Crippen LogP contribution in [0.15, 0.2) is 117 Å². The monoisotopic (exact) mass is 842 g/mol. The third kappa shape index (κ3) is 7.89. The maximum Gasteiger partial charge on any atom is 0.342 e. The molecule has 292 valence electrons. The van der Waals surface area contributed by atoms with E-state index in [0.717, 1.165) is 24.3 Å². The van der Waals surface area contributed by atoms with E-state index in [1.165, 1.54) is 74.5 Å². The van der Waals surface area contributed by atoms with E-state index in [-0.39, 0.29) is 66.9 Å². The number of fused-ring (bicyclic) bond motifs is 2. The number of carbonyl (C=O) groups is 1. The lowest BCUT2D eigenvalue weighted by molar-refractivity contribution is 0.250. The molecule has 6 rings (SSSR count). The Morgan fingerprint density at radius 3 is 1.14 bits per heavy atom. The number of nitrogens with one attached hydrogen (secondary N) is 4. The average molecular weight is 843 g/mol. The van der Waals surface area contributed by atoms with E-state index in [9.17, 15) is 57.8 Å². The van der Waals surface area contributed by atoms with E-state index in [4.69, 9.17) is 0 Å². The lowest BCUT2D eigenvalue weighted by Gasteiger charge is -2.16. The molecule has 2 amide bonds. The Kier molecular flexibility index (Phi) is 10.1. The number of carbonyl (C=O) groups excluding carboxylic acids is 1. The number of amides is 2. The SMILES string of the molecule is Cc1cc(Nc2cc(S(=O)(=O)O)c3ccccc3c2O)ccc1S(=O)(=O)NC(=O)NS(=O)(=O)c1ccc(Nc2cc(S(=O)(=O)O)c3ccccc3c2O)cc1C. The Balaban J connectivity index is 1.18. The van der Waals surface area contributed by atoms with Gasteiger partial charge in [0.2, 0.25) is 0 Å². The number of hydrogen-bond donors (Lipinski definition) is 8. The van der Waals surface area contributed by atoms with Gasteiger partial charge in [0.25, 0.3) is 40.3 Å². The molecular weight excluding hydrogens is 813 g/mol. The summed E-state index contributed by atoms with van der Waals surface area (Å²) in [4.78, 5) is 10.9. The number of anilines is 4. The molecule has 0 radical (unpaired) electrons. The summed E-state index contributed by atoms with van der Waals surface area (Å²) in [6.45, 7) is 2.72. The molecule has 0 saturated heterocycles. The van der Waals surface area contributed by atoms with Crippen LogP contribution >= 0.6 is 0 Å². The Labute approximate surface area is 320 Å². The van der Waals surface area contributed by atoms with Gasteiger partial charge in [-0.05, 0) is 73.5 Å². The highest BCUT2D eigenvalue weighted by molar-refractivity contribution is 7.91. The van der Waals surface area contributed by atoms with Gasteiger partial charge in [-0.2, -0.15) is 16.8 Å². The third-order valence-electron chi connectivity index (χ3n) is 8.45. The van der Waals surface area contributed by atoms with Crippen molar-refractivity contribution in [1.29, 1.82) is 0 Å². The van der Waals surface area contributed by atoms with Gasteiger partial charge in [-0.15, -0.1) is 0 Å². The van der Waals surface area contributed by atoms with Gasteiger partial charge in [0, 0.05) is 32.9 Å². The zero-order valence-corrected chi connectivity index (χ0v) is 32.1. The molecule has 0 aliphatic carbocycles. The van der Waals surface area contributed by atoms with Crippen molar-refractivity contribution in [1.82, 2.24) is 9.44 Å². The number of rotatable bonds is 10. The van der Waals surface area contributed by atoms with Crippen LogP contribution in [-0.2, 0) is 40.3 Å². The Morgan fingerprint density at radius 1 is 0.482 bits per heavy atom. The molecule has 0 fully saturated rings. The van der Waals surface area contributed by atoms with Gasteiger partial charge >= 0.3 is 6.03 Å². The molecule has 17 nitrogen and oxygen atoms in total. The topological polar surface area (TPSA) is 283 Å². The molecule has 0 aromatic heterocycles. The fraction of sp³-hybridized carbons (Fsp3) is 0.0571. The van der Waals surface area contributed by atoms with E-state index >= 15 is 0 Å². The molecule has 21 heteroatoms. The van der Waals surface area contributed by atoms with Crippen LogP contribution in [0.2, 0.25) is 0 Å². The number of aromatic hydroxyl groups is 2.